The molecule has 0 aliphatic heterocycles. The summed E-state index contributed by atoms with van der Waals surface area (Å²) in [6.07, 6.45) is 1.83. The molecule has 0 unspecified atom stereocenters. The van der Waals surface area contributed by atoms with Gasteiger partial charge in [-0.25, -0.2) is 8.42 Å². The lowest BCUT2D eigenvalue weighted by Gasteiger charge is -2.08. The third kappa shape index (κ3) is 3.38. The van der Waals surface area contributed by atoms with E-state index in [-0.39, 0.29) is 11.6 Å². The molecule has 0 saturated carbocycles. The minimum absolute atomic E-state index is 0.00847. The van der Waals surface area contributed by atoms with E-state index in [1.54, 1.807) is 7.05 Å². The number of sulfonamides is 1. The van der Waals surface area contributed by atoms with Crippen LogP contribution >= 0.6 is 0 Å². The first kappa shape index (κ1) is 12.8. The molecule has 0 spiro atoms. The summed E-state index contributed by atoms with van der Waals surface area (Å²) in [4.78, 5) is 0. The zero-order valence-corrected chi connectivity index (χ0v) is 10.1. The van der Waals surface area contributed by atoms with Crippen molar-refractivity contribution in [2.75, 3.05) is 29.9 Å². The number of methoxy groups -OCH3 is 1. The molecule has 1 heterocycles. The summed E-state index contributed by atoms with van der Waals surface area (Å²) in [5.41, 5.74) is 5.87. The maximum absolute atomic E-state index is 11.6. The predicted octanol–water partition coefficient (Wildman–Crippen LogP) is -0.219. The first-order valence-corrected chi connectivity index (χ1v) is 6.38. The quantitative estimate of drug-likeness (QED) is 0.678. The highest BCUT2D eigenvalue weighted by Crippen LogP contribution is 2.17. The number of hydrogen-bond acceptors (Lipinski definition) is 5. The van der Waals surface area contributed by atoms with Crippen molar-refractivity contribution in [3.63, 3.8) is 0 Å². The van der Waals surface area contributed by atoms with E-state index in [1.165, 1.54) is 18.0 Å². The topological polar surface area (TPSA) is 99.2 Å². The smallest absolute Gasteiger partial charge is 0.234 e. The van der Waals surface area contributed by atoms with Gasteiger partial charge >= 0.3 is 0 Å². The molecule has 8 heteroatoms. The van der Waals surface area contributed by atoms with Crippen molar-refractivity contribution in [2.45, 2.75) is 6.42 Å². The summed E-state index contributed by atoms with van der Waals surface area (Å²) in [5.74, 6) is 0.281. The maximum atomic E-state index is 11.6. The second-order valence-corrected chi connectivity index (χ2v) is 5.18. The number of anilines is 2. The largest absolute Gasteiger partial charge is 0.394 e. The molecule has 92 valence electrons. The average Bonchev–Trinajstić information content (AvgIpc) is 2.49. The monoisotopic (exact) mass is 248 g/mol. The van der Waals surface area contributed by atoms with Crippen LogP contribution in [0.2, 0.25) is 0 Å². The van der Waals surface area contributed by atoms with Gasteiger partial charge in [-0.3, -0.25) is 9.40 Å². The van der Waals surface area contributed by atoms with E-state index in [9.17, 15) is 8.42 Å². The Morgan fingerprint density at radius 1 is 1.62 bits per heavy atom. The Hall–Kier alpha value is -1.28. The number of nitrogens with two attached hydrogens (primary N) is 1. The van der Waals surface area contributed by atoms with E-state index in [2.05, 4.69) is 9.82 Å². The first-order valence-electron chi connectivity index (χ1n) is 4.73. The van der Waals surface area contributed by atoms with Crippen LogP contribution < -0.4 is 10.5 Å². The number of aromatic nitrogens is 2. The number of hydrogen-bond donors (Lipinski definition) is 2. The normalized spacial score (nSPS) is 11.6. The van der Waals surface area contributed by atoms with Gasteiger partial charge in [0, 0.05) is 20.8 Å². The molecule has 1 rings (SSSR count). The fourth-order valence-corrected chi connectivity index (χ4v) is 2.32. The molecule has 1 aromatic rings. The Balaban J connectivity index is 2.66. The lowest BCUT2D eigenvalue weighted by Crippen LogP contribution is -2.20. The van der Waals surface area contributed by atoms with Gasteiger partial charge in [0.15, 0.2) is 5.82 Å². The molecule has 0 saturated heterocycles. The van der Waals surface area contributed by atoms with Crippen LogP contribution in [0.15, 0.2) is 6.20 Å². The van der Waals surface area contributed by atoms with Crippen molar-refractivity contribution in [3.05, 3.63) is 6.20 Å². The molecule has 1 aromatic heterocycles. The van der Waals surface area contributed by atoms with Crippen LogP contribution in [0.4, 0.5) is 11.5 Å². The van der Waals surface area contributed by atoms with Gasteiger partial charge in [0.25, 0.3) is 0 Å². The second-order valence-electron chi connectivity index (χ2n) is 3.34. The highest BCUT2D eigenvalue weighted by Gasteiger charge is 2.14. The van der Waals surface area contributed by atoms with E-state index in [4.69, 9.17) is 10.5 Å². The standard InChI is InChI=1S/C8H16N4O3S/c1-12-8(7(9)6-10-12)11-16(13,14)5-3-4-15-2/h6,11H,3-5,9H2,1-2H3. The number of nitrogens with one attached hydrogen (secondary N) is 1. The summed E-state index contributed by atoms with van der Waals surface area (Å²) in [5, 5.41) is 3.84. The van der Waals surface area contributed by atoms with Crippen molar-refractivity contribution < 1.29 is 13.2 Å². The Labute approximate surface area is 94.6 Å². The molecule has 0 aliphatic rings. The van der Waals surface area contributed by atoms with Gasteiger partial charge in [0.05, 0.1) is 17.6 Å². The van der Waals surface area contributed by atoms with Gasteiger partial charge < -0.3 is 10.5 Å². The molecule has 7 nitrogen and oxygen atoms in total. The lowest BCUT2D eigenvalue weighted by molar-refractivity contribution is 0.199. The number of nitrogen functional groups attached to an aromatic ring is 1. The lowest BCUT2D eigenvalue weighted by atomic mass is 10.5. The zero-order chi connectivity index (χ0) is 12.2. The van der Waals surface area contributed by atoms with Crippen molar-refractivity contribution in [2.24, 2.45) is 7.05 Å². The molecule has 0 aromatic carbocycles. The van der Waals surface area contributed by atoms with E-state index >= 15 is 0 Å². The summed E-state index contributed by atoms with van der Waals surface area (Å²) < 4.78 is 31.8. The van der Waals surface area contributed by atoms with Gasteiger partial charge in [-0.05, 0) is 6.42 Å². The first-order chi connectivity index (χ1) is 7.46. The SMILES string of the molecule is COCCCS(=O)(=O)Nc1c(N)cnn1C. The zero-order valence-electron chi connectivity index (χ0n) is 9.30. The molecular weight excluding hydrogens is 232 g/mol. The molecule has 0 radical (unpaired) electrons. The van der Waals surface area contributed by atoms with Crippen LogP contribution in [0.25, 0.3) is 0 Å². The Bertz CT molecular complexity index is 421. The Morgan fingerprint density at radius 3 is 2.81 bits per heavy atom. The van der Waals surface area contributed by atoms with E-state index in [0.717, 1.165) is 0 Å². The van der Waals surface area contributed by atoms with Crippen molar-refractivity contribution in [1.29, 1.82) is 0 Å². The third-order valence-electron chi connectivity index (χ3n) is 1.98. The Morgan fingerprint density at radius 2 is 2.31 bits per heavy atom. The summed E-state index contributed by atoms with van der Waals surface area (Å²) >= 11 is 0. The van der Waals surface area contributed by atoms with Gasteiger partial charge in [-0.1, -0.05) is 0 Å². The minimum atomic E-state index is -3.39. The molecular formula is C8H16N4O3S. The molecule has 0 atom stereocenters. The number of ether oxygens (including phenoxy) is 1. The maximum Gasteiger partial charge on any atom is 0.234 e. The van der Waals surface area contributed by atoms with Gasteiger partial charge in [-0.15, -0.1) is 0 Å². The van der Waals surface area contributed by atoms with E-state index in [1.807, 2.05) is 0 Å². The van der Waals surface area contributed by atoms with Crippen LogP contribution in [-0.2, 0) is 21.8 Å². The molecule has 0 amide bonds. The summed E-state index contributed by atoms with van der Waals surface area (Å²) in [6.45, 7) is 0.405. The Kier molecular flexibility index (Phi) is 4.13. The molecule has 3 N–H and O–H groups in total. The molecule has 0 fully saturated rings. The fraction of sp³-hybridized carbons (Fsp3) is 0.625. The van der Waals surface area contributed by atoms with Crippen molar-refractivity contribution in [1.82, 2.24) is 9.78 Å². The molecule has 0 bridgehead atoms. The highest BCUT2D eigenvalue weighted by molar-refractivity contribution is 7.92. The highest BCUT2D eigenvalue weighted by atomic mass is 32.2. The fourth-order valence-electron chi connectivity index (χ4n) is 1.17. The van der Waals surface area contributed by atoms with Crippen LogP contribution in [0.1, 0.15) is 6.42 Å². The van der Waals surface area contributed by atoms with Crippen LogP contribution in [0.5, 0.6) is 0 Å². The van der Waals surface area contributed by atoms with Gasteiger partial charge in [0.1, 0.15) is 0 Å². The number of rotatable bonds is 6. The van der Waals surface area contributed by atoms with Gasteiger partial charge in [0.2, 0.25) is 10.0 Å². The van der Waals surface area contributed by atoms with Gasteiger partial charge in [-0.2, -0.15) is 5.10 Å². The predicted molar refractivity (Wildman–Crippen MR) is 61.5 cm³/mol. The number of aryl methyl sites for hydroxylation is 1. The summed E-state index contributed by atoms with van der Waals surface area (Å²) in [7, 11) is -0.251. The van der Waals surface area contributed by atoms with Crippen LogP contribution in [0.3, 0.4) is 0 Å². The molecule has 16 heavy (non-hydrogen) atoms. The average molecular weight is 248 g/mol. The molecule has 0 aliphatic carbocycles. The van der Waals surface area contributed by atoms with E-state index < -0.39 is 10.0 Å². The van der Waals surface area contributed by atoms with E-state index in [0.29, 0.717) is 18.7 Å². The third-order valence-corrected chi connectivity index (χ3v) is 3.31. The number of nitrogens with zero attached hydrogens (tertiary/aromatic N) is 2. The van der Waals surface area contributed by atoms with Crippen molar-refractivity contribution in [3.8, 4) is 0 Å². The van der Waals surface area contributed by atoms with Crippen molar-refractivity contribution >= 4 is 21.5 Å². The van der Waals surface area contributed by atoms with Crippen LogP contribution in [0, 0.1) is 0 Å². The summed E-state index contributed by atoms with van der Waals surface area (Å²) in [6, 6.07) is 0. The second kappa shape index (κ2) is 5.17. The van der Waals surface area contributed by atoms with Crippen LogP contribution in [-0.4, -0.2) is 37.7 Å². The minimum Gasteiger partial charge on any atom is -0.394 e.